The largest absolute Gasteiger partial charge is 0.396 e. The summed E-state index contributed by atoms with van der Waals surface area (Å²) in [5.41, 5.74) is 7.16. The summed E-state index contributed by atoms with van der Waals surface area (Å²) in [6.07, 6.45) is 0. The lowest BCUT2D eigenvalue weighted by Gasteiger charge is -2.04. The molecule has 6 heteroatoms. The van der Waals surface area contributed by atoms with E-state index in [2.05, 4.69) is 5.10 Å². The molecule has 0 bridgehead atoms. The number of hydrogen-bond donors (Lipinski definition) is 1. The Hall–Kier alpha value is -1.69. The van der Waals surface area contributed by atoms with Crippen molar-refractivity contribution < 1.29 is 8.60 Å². The van der Waals surface area contributed by atoms with Crippen LogP contribution in [0.1, 0.15) is 11.4 Å². The zero-order valence-electron chi connectivity index (χ0n) is 10.2. The van der Waals surface area contributed by atoms with Gasteiger partial charge in [-0.05, 0) is 31.2 Å². The van der Waals surface area contributed by atoms with Crippen molar-refractivity contribution in [2.45, 2.75) is 17.6 Å². The summed E-state index contributed by atoms with van der Waals surface area (Å²) in [6, 6.07) is 6.09. The van der Waals surface area contributed by atoms with Crippen molar-refractivity contribution in [1.29, 1.82) is 0 Å². The van der Waals surface area contributed by atoms with Gasteiger partial charge in [-0.3, -0.25) is 8.89 Å². The van der Waals surface area contributed by atoms with Gasteiger partial charge < -0.3 is 5.73 Å². The Morgan fingerprint density at radius 1 is 1.44 bits per heavy atom. The fourth-order valence-electron chi connectivity index (χ4n) is 1.67. The van der Waals surface area contributed by atoms with Crippen LogP contribution in [-0.4, -0.2) is 14.0 Å². The Morgan fingerprint density at radius 2 is 2.17 bits per heavy atom. The van der Waals surface area contributed by atoms with Gasteiger partial charge in [0.1, 0.15) is 5.82 Å². The van der Waals surface area contributed by atoms with E-state index in [4.69, 9.17) is 5.73 Å². The van der Waals surface area contributed by atoms with Gasteiger partial charge in [0.15, 0.2) is 0 Å². The fraction of sp³-hybridized carbons (Fsp3) is 0.250. The Balaban J connectivity index is 2.22. The molecule has 0 aliphatic carbocycles. The molecule has 0 spiro atoms. The minimum Gasteiger partial charge on any atom is -0.396 e. The van der Waals surface area contributed by atoms with Crippen LogP contribution in [0.25, 0.3) is 0 Å². The first kappa shape index (κ1) is 12.8. The fourth-order valence-corrected chi connectivity index (χ4v) is 2.83. The number of nitrogens with zero attached hydrogens (tertiary/aromatic N) is 2. The van der Waals surface area contributed by atoms with Crippen LogP contribution in [0.5, 0.6) is 0 Å². The molecule has 1 unspecified atom stereocenters. The molecule has 1 aromatic heterocycles. The Morgan fingerprint density at radius 3 is 2.72 bits per heavy atom. The van der Waals surface area contributed by atoms with E-state index in [0.717, 1.165) is 11.4 Å². The van der Waals surface area contributed by atoms with E-state index in [0.29, 0.717) is 10.6 Å². The number of anilines is 1. The van der Waals surface area contributed by atoms with Crippen molar-refractivity contribution in [3.63, 3.8) is 0 Å². The molecule has 2 rings (SSSR count). The number of hydrogen-bond acceptors (Lipinski definition) is 3. The van der Waals surface area contributed by atoms with Crippen LogP contribution in [0.3, 0.4) is 0 Å². The minimum atomic E-state index is -1.31. The average molecular weight is 267 g/mol. The van der Waals surface area contributed by atoms with Gasteiger partial charge in [0, 0.05) is 11.9 Å². The molecule has 2 N–H and O–H groups in total. The lowest BCUT2D eigenvalue weighted by Crippen LogP contribution is -2.04. The highest BCUT2D eigenvalue weighted by atomic mass is 32.2. The van der Waals surface area contributed by atoms with Gasteiger partial charge in [0.2, 0.25) is 0 Å². The van der Waals surface area contributed by atoms with Gasteiger partial charge in [-0.25, -0.2) is 4.39 Å². The summed E-state index contributed by atoms with van der Waals surface area (Å²) in [5, 5.41) is 4.18. The first-order valence-electron chi connectivity index (χ1n) is 5.40. The van der Waals surface area contributed by atoms with Crippen molar-refractivity contribution in [3.05, 3.63) is 41.5 Å². The number of aryl methyl sites for hydroxylation is 2. The smallest absolute Gasteiger partial charge is 0.147 e. The van der Waals surface area contributed by atoms with Crippen LogP contribution >= 0.6 is 0 Å². The zero-order chi connectivity index (χ0) is 13.3. The molecular formula is C12H14FN3OS. The van der Waals surface area contributed by atoms with Crippen molar-refractivity contribution in [1.82, 2.24) is 9.78 Å². The third-order valence-corrected chi connectivity index (χ3v) is 3.95. The van der Waals surface area contributed by atoms with Crippen molar-refractivity contribution in [2.75, 3.05) is 5.73 Å². The highest BCUT2D eigenvalue weighted by molar-refractivity contribution is 7.84. The molecule has 0 radical (unpaired) electrons. The molecule has 2 aromatic rings. The highest BCUT2D eigenvalue weighted by Crippen LogP contribution is 2.17. The molecule has 18 heavy (non-hydrogen) atoms. The Kier molecular flexibility index (Phi) is 3.47. The van der Waals surface area contributed by atoms with Gasteiger partial charge >= 0.3 is 0 Å². The third kappa shape index (κ3) is 2.59. The van der Waals surface area contributed by atoms with E-state index in [9.17, 15) is 8.60 Å². The molecule has 0 aliphatic rings. The summed E-state index contributed by atoms with van der Waals surface area (Å²) in [7, 11) is 0.488. The quantitative estimate of drug-likeness (QED) is 0.862. The number of benzene rings is 1. The van der Waals surface area contributed by atoms with E-state index < -0.39 is 16.6 Å². The minimum absolute atomic E-state index is 0.0622. The monoisotopic (exact) mass is 267 g/mol. The van der Waals surface area contributed by atoms with Crippen LogP contribution in [0.4, 0.5) is 10.1 Å². The molecule has 1 heterocycles. The summed E-state index contributed by atoms with van der Waals surface area (Å²) < 4.78 is 27.1. The summed E-state index contributed by atoms with van der Waals surface area (Å²) in [5.74, 6) is -0.234. The number of aromatic nitrogens is 2. The van der Waals surface area contributed by atoms with Gasteiger partial charge in [0.05, 0.1) is 33.6 Å². The van der Waals surface area contributed by atoms with Gasteiger partial charge in [-0.15, -0.1) is 0 Å². The first-order valence-corrected chi connectivity index (χ1v) is 6.72. The van der Waals surface area contributed by atoms with Crippen LogP contribution in [-0.2, 0) is 23.6 Å². The van der Waals surface area contributed by atoms with E-state index in [1.165, 1.54) is 12.1 Å². The number of nitrogens with two attached hydrogens (primary N) is 1. The maximum absolute atomic E-state index is 13.3. The van der Waals surface area contributed by atoms with E-state index in [-0.39, 0.29) is 5.69 Å². The molecule has 0 saturated heterocycles. The Labute approximate surface area is 107 Å². The molecular weight excluding hydrogens is 253 g/mol. The van der Waals surface area contributed by atoms with E-state index >= 15 is 0 Å². The standard InChI is InChI=1S/C12H14FN3OS/c1-8-5-9(16(2)15-8)7-18(17)10-3-4-12(14)11(13)6-10/h3-6H,7,14H2,1-2H3. The molecule has 0 saturated carbocycles. The SMILES string of the molecule is Cc1cc(CS(=O)c2ccc(N)c(F)c2)n(C)n1. The molecule has 1 atom stereocenters. The second-order valence-electron chi connectivity index (χ2n) is 4.07. The normalized spacial score (nSPS) is 12.6. The Bertz CT molecular complexity index is 609. The van der Waals surface area contributed by atoms with Gasteiger partial charge in [-0.2, -0.15) is 5.10 Å². The van der Waals surface area contributed by atoms with E-state index in [1.807, 2.05) is 13.0 Å². The molecule has 0 fully saturated rings. The predicted molar refractivity (Wildman–Crippen MR) is 68.9 cm³/mol. The second kappa shape index (κ2) is 4.89. The molecule has 0 aliphatic heterocycles. The number of rotatable bonds is 3. The maximum Gasteiger partial charge on any atom is 0.147 e. The third-order valence-electron chi connectivity index (χ3n) is 2.61. The van der Waals surface area contributed by atoms with E-state index in [1.54, 1.807) is 17.8 Å². The van der Waals surface area contributed by atoms with Crippen LogP contribution in [0.15, 0.2) is 29.2 Å². The number of halogens is 1. The lowest BCUT2D eigenvalue weighted by molar-refractivity contribution is 0.627. The molecule has 96 valence electrons. The molecule has 1 aromatic carbocycles. The average Bonchev–Trinajstić information content (AvgIpc) is 2.61. The highest BCUT2D eigenvalue weighted by Gasteiger charge is 2.11. The molecule has 0 amide bonds. The van der Waals surface area contributed by atoms with Crippen LogP contribution in [0, 0.1) is 12.7 Å². The summed E-state index contributed by atoms with van der Waals surface area (Å²) in [4.78, 5) is 0.431. The van der Waals surface area contributed by atoms with Gasteiger partial charge in [-0.1, -0.05) is 0 Å². The van der Waals surface area contributed by atoms with Crippen molar-refractivity contribution >= 4 is 16.5 Å². The number of nitrogen functional groups attached to an aromatic ring is 1. The molecule has 4 nitrogen and oxygen atoms in total. The lowest BCUT2D eigenvalue weighted by atomic mass is 10.3. The second-order valence-corrected chi connectivity index (χ2v) is 5.52. The first-order chi connectivity index (χ1) is 8.47. The maximum atomic E-state index is 13.3. The summed E-state index contributed by atoms with van der Waals surface area (Å²) in [6.45, 7) is 1.87. The van der Waals surface area contributed by atoms with Gasteiger partial charge in [0.25, 0.3) is 0 Å². The van der Waals surface area contributed by atoms with Crippen molar-refractivity contribution in [3.8, 4) is 0 Å². The topological polar surface area (TPSA) is 60.9 Å². The predicted octanol–water partition coefficient (Wildman–Crippen LogP) is 1.76. The zero-order valence-corrected chi connectivity index (χ0v) is 11.0. The van der Waals surface area contributed by atoms with Crippen molar-refractivity contribution in [2.24, 2.45) is 7.05 Å². The summed E-state index contributed by atoms with van der Waals surface area (Å²) >= 11 is 0. The van der Waals surface area contributed by atoms with Crippen LogP contribution in [0.2, 0.25) is 0 Å². The van der Waals surface area contributed by atoms with Crippen LogP contribution < -0.4 is 5.73 Å².